The van der Waals surface area contributed by atoms with E-state index in [1.165, 1.54) is 12.7 Å². The predicted octanol–water partition coefficient (Wildman–Crippen LogP) is 0.926. The van der Waals surface area contributed by atoms with E-state index in [-0.39, 0.29) is 0 Å². The first kappa shape index (κ1) is 5.34. The van der Waals surface area contributed by atoms with E-state index in [0.717, 1.165) is 5.69 Å². The van der Waals surface area contributed by atoms with Gasteiger partial charge in [-0.15, -0.1) is 0 Å². The van der Waals surface area contributed by atoms with Gasteiger partial charge in [-0.05, 0) is 6.92 Å². The van der Waals surface area contributed by atoms with E-state index in [4.69, 9.17) is 4.42 Å². The van der Waals surface area contributed by atoms with Crippen molar-refractivity contribution < 1.29 is 4.42 Å². The summed E-state index contributed by atoms with van der Waals surface area (Å²) in [5, 5.41) is 0. The minimum Gasteiger partial charge on any atom is -0.440 e. The van der Waals surface area contributed by atoms with Crippen LogP contribution in [-0.4, -0.2) is 15.0 Å². The van der Waals surface area contributed by atoms with Gasteiger partial charge in [-0.25, -0.2) is 9.97 Å². The summed E-state index contributed by atoms with van der Waals surface area (Å²) in [6, 6.07) is 0. The van der Waals surface area contributed by atoms with E-state index in [2.05, 4.69) is 15.0 Å². The quantitative estimate of drug-likeness (QED) is 0.539. The van der Waals surface area contributed by atoms with Crippen LogP contribution >= 0.6 is 0 Å². The summed E-state index contributed by atoms with van der Waals surface area (Å²) in [7, 11) is 0. The van der Waals surface area contributed by atoms with Gasteiger partial charge in [0.15, 0.2) is 12.0 Å². The standard InChI is InChI=1S/C6H5N3O/c1-4-5-6(8-2-7-4)9-3-10-5/h2-3H,1H3. The molecule has 4 nitrogen and oxygen atoms in total. The van der Waals surface area contributed by atoms with Crippen LogP contribution in [-0.2, 0) is 0 Å². The van der Waals surface area contributed by atoms with E-state index in [1.54, 1.807) is 0 Å². The average Bonchev–Trinajstić information content (AvgIpc) is 2.36. The van der Waals surface area contributed by atoms with Crippen molar-refractivity contribution in [3.05, 3.63) is 18.4 Å². The molecule has 2 heterocycles. The second kappa shape index (κ2) is 1.76. The number of hydrogen-bond donors (Lipinski definition) is 0. The maximum atomic E-state index is 5.01. The van der Waals surface area contributed by atoms with Gasteiger partial charge in [0.1, 0.15) is 6.33 Å². The molecule has 0 unspecified atom stereocenters. The third-order valence-corrected chi connectivity index (χ3v) is 1.31. The Bertz CT molecular complexity index is 355. The number of hydrogen-bond acceptors (Lipinski definition) is 4. The minimum absolute atomic E-state index is 0.618. The molecule has 0 aliphatic carbocycles. The van der Waals surface area contributed by atoms with Gasteiger partial charge in [-0.2, -0.15) is 4.98 Å². The van der Waals surface area contributed by atoms with Crippen LogP contribution in [0.4, 0.5) is 0 Å². The van der Waals surface area contributed by atoms with Crippen LogP contribution in [0.25, 0.3) is 11.2 Å². The Labute approximate surface area is 56.9 Å². The molecule has 0 amide bonds. The Hall–Kier alpha value is -1.45. The van der Waals surface area contributed by atoms with Crippen molar-refractivity contribution >= 4 is 11.2 Å². The highest BCUT2D eigenvalue weighted by Crippen LogP contribution is 2.10. The molecule has 0 aromatic carbocycles. The van der Waals surface area contributed by atoms with Gasteiger partial charge >= 0.3 is 0 Å². The monoisotopic (exact) mass is 135 g/mol. The zero-order valence-electron chi connectivity index (χ0n) is 5.40. The third-order valence-electron chi connectivity index (χ3n) is 1.31. The molecular weight excluding hydrogens is 130 g/mol. The average molecular weight is 135 g/mol. The van der Waals surface area contributed by atoms with Gasteiger partial charge in [0.05, 0.1) is 5.69 Å². The van der Waals surface area contributed by atoms with E-state index in [1.807, 2.05) is 6.92 Å². The molecule has 50 valence electrons. The Morgan fingerprint density at radius 2 is 2.20 bits per heavy atom. The van der Waals surface area contributed by atoms with Crippen LogP contribution in [0, 0.1) is 6.92 Å². The second-order valence-electron chi connectivity index (χ2n) is 1.96. The van der Waals surface area contributed by atoms with Crippen molar-refractivity contribution in [2.45, 2.75) is 6.92 Å². The molecule has 2 rings (SSSR count). The van der Waals surface area contributed by atoms with Crippen molar-refractivity contribution in [2.75, 3.05) is 0 Å². The Morgan fingerprint density at radius 1 is 1.30 bits per heavy atom. The van der Waals surface area contributed by atoms with Gasteiger partial charge < -0.3 is 4.42 Å². The molecule has 0 spiro atoms. The number of oxazole rings is 1. The number of fused-ring (bicyclic) bond motifs is 1. The van der Waals surface area contributed by atoms with Crippen molar-refractivity contribution in [3.63, 3.8) is 0 Å². The molecule has 0 aliphatic heterocycles. The van der Waals surface area contributed by atoms with E-state index in [0.29, 0.717) is 11.2 Å². The molecule has 10 heavy (non-hydrogen) atoms. The normalized spacial score (nSPS) is 10.5. The topological polar surface area (TPSA) is 51.8 Å². The molecule has 0 radical (unpaired) electrons. The lowest BCUT2D eigenvalue weighted by Gasteiger charge is -1.87. The lowest BCUT2D eigenvalue weighted by molar-refractivity contribution is 0.597. The van der Waals surface area contributed by atoms with Crippen LogP contribution in [0.15, 0.2) is 17.1 Å². The molecule has 0 bridgehead atoms. The Morgan fingerprint density at radius 3 is 3.00 bits per heavy atom. The highest BCUT2D eigenvalue weighted by Gasteiger charge is 2.01. The molecule has 0 N–H and O–H groups in total. The van der Waals surface area contributed by atoms with Crippen molar-refractivity contribution in [3.8, 4) is 0 Å². The molecule has 0 saturated heterocycles. The summed E-state index contributed by atoms with van der Waals surface area (Å²) >= 11 is 0. The second-order valence-corrected chi connectivity index (χ2v) is 1.96. The fraction of sp³-hybridized carbons (Fsp3) is 0.167. The molecule has 4 heteroatoms. The van der Waals surface area contributed by atoms with Crippen molar-refractivity contribution in [2.24, 2.45) is 0 Å². The largest absolute Gasteiger partial charge is 0.440 e. The van der Waals surface area contributed by atoms with Crippen molar-refractivity contribution in [1.29, 1.82) is 0 Å². The highest BCUT2D eigenvalue weighted by molar-refractivity contribution is 5.68. The molecule has 0 fully saturated rings. The number of aromatic nitrogens is 3. The first-order valence-electron chi connectivity index (χ1n) is 2.89. The first-order valence-corrected chi connectivity index (χ1v) is 2.89. The van der Waals surface area contributed by atoms with Crippen molar-refractivity contribution in [1.82, 2.24) is 15.0 Å². The lowest BCUT2D eigenvalue weighted by atomic mass is 10.4. The predicted molar refractivity (Wildman–Crippen MR) is 34.3 cm³/mol. The fourth-order valence-corrected chi connectivity index (χ4v) is 0.808. The molecule has 2 aromatic heterocycles. The summed E-state index contributed by atoms with van der Waals surface area (Å²) in [4.78, 5) is 11.7. The minimum atomic E-state index is 0.618. The van der Waals surface area contributed by atoms with E-state index in [9.17, 15) is 0 Å². The molecule has 0 atom stereocenters. The van der Waals surface area contributed by atoms with Gasteiger partial charge in [0.25, 0.3) is 0 Å². The molecule has 0 aliphatic rings. The summed E-state index contributed by atoms with van der Waals surface area (Å²) < 4.78 is 5.01. The van der Waals surface area contributed by atoms with Gasteiger partial charge in [-0.1, -0.05) is 0 Å². The summed E-state index contributed by atoms with van der Waals surface area (Å²) in [5.41, 5.74) is 2.11. The Kier molecular flexibility index (Phi) is 0.943. The Balaban J connectivity index is 2.95. The molecule has 0 saturated carbocycles. The number of nitrogens with zero attached hydrogens (tertiary/aromatic N) is 3. The van der Waals surface area contributed by atoms with E-state index >= 15 is 0 Å². The first-order chi connectivity index (χ1) is 4.88. The zero-order chi connectivity index (χ0) is 6.97. The summed E-state index contributed by atoms with van der Waals surface area (Å²) in [5.74, 6) is 0. The smallest absolute Gasteiger partial charge is 0.201 e. The van der Waals surface area contributed by atoms with Gasteiger partial charge in [0.2, 0.25) is 5.65 Å². The number of aryl methyl sites for hydroxylation is 1. The maximum absolute atomic E-state index is 5.01. The third kappa shape index (κ3) is 0.586. The van der Waals surface area contributed by atoms with E-state index < -0.39 is 0 Å². The SMILES string of the molecule is Cc1ncnc2ncoc12. The maximum Gasteiger partial charge on any atom is 0.201 e. The van der Waals surface area contributed by atoms with Crippen LogP contribution in [0.5, 0.6) is 0 Å². The summed E-state index contributed by atoms with van der Waals surface area (Å²) in [6.45, 7) is 1.86. The summed E-state index contributed by atoms with van der Waals surface area (Å²) in [6.07, 6.45) is 2.84. The number of rotatable bonds is 0. The fourth-order valence-electron chi connectivity index (χ4n) is 0.808. The zero-order valence-corrected chi connectivity index (χ0v) is 5.40. The van der Waals surface area contributed by atoms with Gasteiger partial charge in [-0.3, -0.25) is 0 Å². The lowest BCUT2D eigenvalue weighted by Crippen LogP contribution is -1.83. The van der Waals surface area contributed by atoms with Crippen LogP contribution in [0.3, 0.4) is 0 Å². The van der Waals surface area contributed by atoms with Crippen LogP contribution < -0.4 is 0 Å². The van der Waals surface area contributed by atoms with Gasteiger partial charge in [0, 0.05) is 0 Å². The highest BCUT2D eigenvalue weighted by atomic mass is 16.3. The van der Waals surface area contributed by atoms with Crippen LogP contribution in [0.1, 0.15) is 5.69 Å². The molecule has 2 aromatic rings. The van der Waals surface area contributed by atoms with Crippen LogP contribution in [0.2, 0.25) is 0 Å². The molecular formula is C6H5N3O.